The molecular weight excluding hydrogens is 302 g/mol. The molecule has 2 aromatic rings. The van der Waals surface area contributed by atoms with Gasteiger partial charge in [0.15, 0.2) is 11.5 Å². The molecule has 0 bridgehead atoms. The average molecular weight is 323 g/mol. The third-order valence-corrected chi connectivity index (χ3v) is 4.92. The van der Waals surface area contributed by atoms with Gasteiger partial charge in [0, 0.05) is 24.4 Å². The first kappa shape index (κ1) is 15.1. The highest BCUT2D eigenvalue weighted by atomic mass is 16.5. The number of carbonyl (C=O) groups excluding carboxylic acids is 1. The number of rotatable bonds is 3. The first-order valence-electron chi connectivity index (χ1n) is 8.34. The Hall–Kier alpha value is -2.49. The zero-order valence-corrected chi connectivity index (χ0v) is 13.9. The standard InChI is InChI=1S/C20H21NO3/c1-20(2)10-13-7-8-16(17(22)18(13)24-20)19(23)21-11-14-9-12-5-3-4-6-15(12)14/h3-8,14,22H,9-11H2,1-2H3,(H,21,23)/t14-/m1/s1. The third kappa shape index (κ3) is 2.42. The molecule has 24 heavy (non-hydrogen) atoms. The van der Waals surface area contributed by atoms with Gasteiger partial charge in [-0.15, -0.1) is 0 Å². The molecule has 124 valence electrons. The van der Waals surface area contributed by atoms with Gasteiger partial charge in [-0.3, -0.25) is 4.79 Å². The predicted molar refractivity (Wildman–Crippen MR) is 91.7 cm³/mol. The average Bonchev–Trinajstić information content (AvgIpc) is 2.83. The van der Waals surface area contributed by atoms with E-state index in [0.717, 1.165) is 18.4 Å². The van der Waals surface area contributed by atoms with Crippen molar-refractivity contribution >= 4 is 5.91 Å². The van der Waals surface area contributed by atoms with Crippen molar-refractivity contribution in [3.8, 4) is 11.5 Å². The lowest BCUT2D eigenvalue weighted by molar-refractivity contribution is 0.0944. The maximum atomic E-state index is 12.5. The van der Waals surface area contributed by atoms with Crippen LogP contribution in [0.3, 0.4) is 0 Å². The van der Waals surface area contributed by atoms with Crippen molar-refractivity contribution in [2.75, 3.05) is 6.54 Å². The molecule has 1 aliphatic carbocycles. The summed E-state index contributed by atoms with van der Waals surface area (Å²) < 4.78 is 5.79. The maximum Gasteiger partial charge on any atom is 0.255 e. The topological polar surface area (TPSA) is 58.6 Å². The van der Waals surface area contributed by atoms with Gasteiger partial charge in [0.25, 0.3) is 5.91 Å². The Labute approximate surface area is 141 Å². The van der Waals surface area contributed by atoms with E-state index in [1.54, 1.807) is 6.07 Å². The Balaban J connectivity index is 1.47. The lowest BCUT2D eigenvalue weighted by Crippen LogP contribution is -2.33. The monoisotopic (exact) mass is 323 g/mol. The smallest absolute Gasteiger partial charge is 0.255 e. The van der Waals surface area contributed by atoms with Crippen LogP contribution in [-0.4, -0.2) is 23.2 Å². The largest absolute Gasteiger partial charge is 0.504 e. The number of aromatic hydroxyl groups is 1. The number of amides is 1. The molecule has 2 aromatic carbocycles. The van der Waals surface area contributed by atoms with Gasteiger partial charge in [-0.25, -0.2) is 0 Å². The fourth-order valence-corrected chi connectivity index (χ4v) is 3.68. The SMILES string of the molecule is CC1(C)Cc2ccc(C(=O)NC[C@H]3Cc4ccccc43)c(O)c2O1. The maximum absolute atomic E-state index is 12.5. The summed E-state index contributed by atoms with van der Waals surface area (Å²) >= 11 is 0. The zero-order valence-electron chi connectivity index (χ0n) is 13.9. The van der Waals surface area contributed by atoms with E-state index in [-0.39, 0.29) is 22.8 Å². The first-order valence-corrected chi connectivity index (χ1v) is 8.34. The molecule has 2 aliphatic rings. The highest BCUT2D eigenvalue weighted by Gasteiger charge is 2.34. The molecule has 0 saturated carbocycles. The minimum atomic E-state index is -0.343. The van der Waals surface area contributed by atoms with Gasteiger partial charge >= 0.3 is 0 Å². The highest BCUT2D eigenvalue weighted by Crippen LogP contribution is 2.43. The summed E-state index contributed by atoms with van der Waals surface area (Å²) in [6, 6.07) is 11.9. The molecule has 0 fully saturated rings. The summed E-state index contributed by atoms with van der Waals surface area (Å²) in [6.07, 6.45) is 1.72. The van der Waals surface area contributed by atoms with Crippen LogP contribution in [-0.2, 0) is 12.8 Å². The zero-order chi connectivity index (χ0) is 16.9. The Morgan fingerprint density at radius 1 is 1.25 bits per heavy atom. The lowest BCUT2D eigenvalue weighted by Gasteiger charge is -2.30. The summed E-state index contributed by atoms with van der Waals surface area (Å²) in [5.41, 5.74) is 3.54. The molecule has 0 spiro atoms. The van der Waals surface area contributed by atoms with E-state index in [0.29, 0.717) is 18.2 Å². The van der Waals surface area contributed by atoms with Crippen LogP contribution in [0.2, 0.25) is 0 Å². The minimum Gasteiger partial charge on any atom is -0.504 e. The Kier molecular flexibility index (Phi) is 3.30. The molecule has 2 N–H and O–H groups in total. The molecule has 1 atom stereocenters. The van der Waals surface area contributed by atoms with Crippen LogP contribution in [0.15, 0.2) is 36.4 Å². The number of phenols is 1. The molecular formula is C20H21NO3. The second kappa shape index (κ2) is 5.26. The van der Waals surface area contributed by atoms with E-state index in [9.17, 15) is 9.90 Å². The van der Waals surface area contributed by atoms with Crippen LogP contribution in [0.25, 0.3) is 0 Å². The fourth-order valence-electron chi connectivity index (χ4n) is 3.68. The van der Waals surface area contributed by atoms with E-state index >= 15 is 0 Å². The minimum absolute atomic E-state index is 0.0513. The van der Waals surface area contributed by atoms with Crippen molar-refractivity contribution in [1.82, 2.24) is 5.32 Å². The fraction of sp³-hybridized carbons (Fsp3) is 0.350. The normalized spacial score (nSPS) is 19.7. The van der Waals surface area contributed by atoms with Crippen LogP contribution in [0, 0.1) is 0 Å². The lowest BCUT2D eigenvalue weighted by atomic mass is 9.77. The van der Waals surface area contributed by atoms with Gasteiger partial charge in [0.05, 0.1) is 5.56 Å². The molecule has 4 nitrogen and oxygen atoms in total. The van der Waals surface area contributed by atoms with E-state index in [2.05, 4.69) is 17.4 Å². The number of nitrogens with one attached hydrogen (secondary N) is 1. The van der Waals surface area contributed by atoms with Crippen molar-refractivity contribution in [2.24, 2.45) is 0 Å². The number of hydrogen-bond acceptors (Lipinski definition) is 3. The van der Waals surface area contributed by atoms with E-state index < -0.39 is 0 Å². The van der Waals surface area contributed by atoms with Gasteiger partial charge in [0.1, 0.15) is 5.60 Å². The van der Waals surface area contributed by atoms with Crippen LogP contribution in [0.1, 0.15) is 46.8 Å². The highest BCUT2D eigenvalue weighted by molar-refractivity contribution is 5.98. The van der Waals surface area contributed by atoms with Gasteiger partial charge in [-0.2, -0.15) is 0 Å². The number of benzene rings is 2. The summed E-state index contributed by atoms with van der Waals surface area (Å²) in [6.45, 7) is 4.53. The van der Waals surface area contributed by atoms with Gasteiger partial charge < -0.3 is 15.2 Å². The molecule has 0 aromatic heterocycles. The van der Waals surface area contributed by atoms with E-state index in [4.69, 9.17) is 4.74 Å². The van der Waals surface area contributed by atoms with Gasteiger partial charge in [-0.05, 0) is 37.5 Å². The van der Waals surface area contributed by atoms with E-state index in [1.807, 2.05) is 32.0 Å². The molecule has 1 heterocycles. The van der Waals surface area contributed by atoms with Gasteiger partial charge in [-0.1, -0.05) is 30.3 Å². The number of fused-ring (bicyclic) bond motifs is 2. The number of phenolic OH excluding ortho intramolecular Hbond substituents is 1. The summed E-state index contributed by atoms with van der Waals surface area (Å²) in [5.74, 6) is 0.496. The first-order chi connectivity index (χ1) is 11.4. The second-order valence-corrected chi connectivity index (χ2v) is 7.30. The van der Waals surface area contributed by atoms with Gasteiger partial charge in [0.2, 0.25) is 0 Å². The number of ether oxygens (including phenoxy) is 1. The molecule has 4 heteroatoms. The van der Waals surface area contributed by atoms with Crippen molar-refractivity contribution in [3.63, 3.8) is 0 Å². The van der Waals surface area contributed by atoms with Crippen LogP contribution in [0.4, 0.5) is 0 Å². The molecule has 4 rings (SSSR count). The number of carbonyl (C=O) groups is 1. The summed E-state index contributed by atoms with van der Waals surface area (Å²) in [4.78, 5) is 12.5. The van der Waals surface area contributed by atoms with Crippen molar-refractivity contribution in [1.29, 1.82) is 0 Å². The summed E-state index contributed by atoms with van der Waals surface area (Å²) in [7, 11) is 0. The molecule has 1 amide bonds. The summed E-state index contributed by atoms with van der Waals surface area (Å²) in [5, 5.41) is 13.4. The van der Waals surface area contributed by atoms with Crippen molar-refractivity contribution < 1.29 is 14.6 Å². The molecule has 0 saturated heterocycles. The van der Waals surface area contributed by atoms with Crippen molar-refractivity contribution in [3.05, 3.63) is 58.7 Å². The molecule has 0 radical (unpaired) electrons. The predicted octanol–water partition coefficient (Wildman–Crippen LogP) is 3.18. The molecule has 0 unspecified atom stereocenters. The quantitative estimate of drug-likeness (QED) is 0.912. The van der Waals surface area contributed by atoms with E-state index in [1.165, 1.54) is 11.1 Å². The Morgan fingerprint density at radius 3 is 2.83 bits per heavy atom. The van der Waals surface area contributed by atoms with Crippen LogP contribution >= 0.6 is 0 Å². The van der Waals surface area contributed by atoms with Crippen molar-refractivity contribution in [2.45, 2.75) is 38.2 Å². The second-order valence-electron chi connectivity index (χ2n) is 7.30. The third-order valence-electron chi connectivity index (χ3n) is 4.92. The van der Waals surface area contributed by atoms with Crippen LogP contribution in [0.5, 0.6) is 11.5 Å². The Morgan fingerprint density at radius 2 is 2.04 bits per heavy atom. The number of hydrogen-bond donors (Lipinski definition) is 2. The Bertz CT molecular complexity index is 826. The molecule has 1 aliphatic heterocycles. The van der Waals surface area contributed by atoms with Crippen LogP contribution < -0.4 is 10.1 Å².